The molecule has 0 aliphatic rings. The molecule has 0 spiro atoms. The van der Waals surface area contributed by atoms with E-state index in [-0.39, 0.29) is 11.1 Å². The molecular weight excluding hydrogens is 256 g/mol. The van der Waals surface area contributed by atoms with Crippen LogP contribution in [0.3, 0.4) is 0 Å². The third-order valence-electron chi connectivity index (χ3n) is 3.27. The van der Waals surface area contributed by atoms with Crippen molar-refractivity contribution in [1.82, 2.24) is 10.2 Å². The average molecular weight is 276 g/mol. The fourth-order valence-electron chi connectivity index (χ4n) is 2.22. The van der Waals surface area contributed by atoms with E-state index in [4.69, 9.17) is 5.73 Å². The molecule has 5 N–H and O–H groups in total. The zero-order chi connectivity index (χ0) is 14.4. The van der Waals surface area contributed by atoms with Crippen molar-refractivity contribution in [1.29, 1.82) is 0 Å². The van der Waals surface area contributed by atoms with Crippen LogP contribution in [0, 0.1) is 0 Å². The van der Waals surface area contributed by atoms with Crippen LogP contribution in [0.2, 0.25) is 0 Å². The number of fused-ring (bicyclic) bond motifs is 1. The van der Waals surface area contributed by atoms with Crippen LogP contribution in [0.5, 0.6) is 0 Å². The number of rotatable bonds is 7. The van der Waals surface area contributed by atoms with Crippen molar-refractivity contribution < 1.29 is 0 Å². The highest BCUT2D eigenvalue weighted by molar-refractivity contribution is 5.92. The minimum absolute atomic E-state index is 0.286. The summed E-state index contributed by atoms with van der Waals surface area (Å²) < 4.78 is 0. The largest absolute Gasteiger partial charge is 0.384 e. The van der Waals surface area contributed by atoms with Gasteiger partial charge in [-0.3, -0.25) is 19.8 Å². The molecular formula is C14H20N4O2. The molecule has 0 unspecified atom stereocenters. The summed E-state index contributed by atoms with van der Waals surface area (Å²) in [4.78, 5) is 23.5. The van der Waals surface area contributed by atoms with Crippen LogP contribution in [0.15, 0.2) is 27.8 Å². The molecule has 6 heteroatoms. The fourth-order valence-corrected chi connectivity index (χ4v) is 2.22. The Hall–Kier alpha value is -2.08. The number of nitrogens with two attached hydrogens (primary N) is 1. The van der Waals surface area contributed by atoms with E-state index < -0.39 is 0 Å². The molecule has 0 fully saturated rings. The SMILES string of the molecule is NCCCCCCNc1cccc2c(=O)[nH][nH]c(=O)c12. The maximum Gasteiger partial charge on any atom is 0.272 e. The number of H-pyrrole nitrogens is 2. The van der Waals surface area contributed by atoms with Gasteiger partial charge < -0.3 is 11.1 Å². The first kappa shape index (κ1) is 14.3. The number of aromatic nitrogens is 2. The van der Waals surface area contributed by atoms with E-state index in [9.17, 15) is 9.59 Å². The molecule has 0 saturated heterocycles. The van der Waals surface area contributed by atoms with Gasteiger partial charge in [-0.05, 0) is 31.5 Å². The summed E-state index contributed by atoms with van der Waals surface area (Å²) in [5.41, 5.74) is 5.57. The topological polar surface area (TPSA) is 104 Å². The van der Waals surface area contributed by atoms with Crippen LogP contribution in [0.25, 0.3) is 10.8 Å². The minimum atomic E-state index is -0.286. The Labute approximate surface area is 116 Å². The van der Waals surface area contributed by atoms with E-state index in [0.29, 0.717) is 16.5 Å². The smallest absolute Gasteiger partial charge is 0.272 e. The Bertz CT molecular complexity index is 675. The molecule has 2 rings (SSSR count). The van der Waals surface area contributed by atoms with E-state index in [2.05, 4.69) is 15.5 Å². The van der Waals surface area contributed by atoms with Gasteiger partial charge in [0.1, 0.15) is 0 Å². The van der Waals surface area contributed by atoms with Gasteiger partial charge in [0.25, 0.3) is 11.1 Å². The van der Waals surface area contributed by atoms with Gasteiger partial charge in [-0.2, -0.15) is 0 Å². The highest BCUT2D eigenvalue weighted by Gasteiger charge is 2.07. The second-order valence-corrected chi connectivity index (χ2v) is 4.77. The standard InChI is InChI=1S/C14H20N4O2/c15-8-3-1-2-4-9-16-11-7-5-6-10-12(11)14(20)18-17-13(10)19/h5-7,16H,1-4,8-9,15H2,(H,17,19)(H,18,20). The second-order valence-electron chi connectivity index (χ2n) is 4.77. The van der Waals surface area contributed by atoms with Crippen molar-refractivity contribution in [2.75, 3.05) is 18.4 Å². The first-order valence-corrected chi connectivity index (χ1v) is 6.91. The number of nitrogens with one attached hydrogen (secondary N) is 3. The second kappa shape index (κ2) is 6.91. The molecule has 20 heavy (non-hydrogen) atoms. The molecule has 0 aliphatic carbocycles. The third kappa shape index (κ3) is 3.27. The zero-order valence-electron chi connectivity index (χ0n) is 11.4. The van der Waals surface area contributed by atoms with Crippen LogP contribution >= 0.6 is 0 Å². The highest BCUT2D eigenvalue weighted by atomic mass is 16.1. The zero-order valence-corrected chi connectivity index (χ0v) is 11.4. The Balaban J connectivity index is 2.09. The molecule has 2 aromatic rings. The Morgan fingerprint density at radius 3 is 2.55 bits per heavy atom. The summed E-state index contributed by atoms with van der Waals surface area (Å²) >= 11 is 0. The molecule has 0 amide bonds. The van der Waals surface area contributed by atoms with Gasteiger partial charge in [-0.1, -0.05) is 18.9 Å². The van der Waals surface area contributed by atoms with E-state index in [1.165, 1.54) is 0 Å². The quantitative estimate of drug-likeness (QED) is 0.569. The maximum atomic E-state index is 11.8. The van der Waals surface area contributed by atoms with Crippen molar-refractivity contribution in [2.24, 2.45) is 5.73 Å². The van der Waals surface area contributed by atoms with Gasteiger partial charge in [-0.15, -0.1) is 0 Å². The summed E-state index contributed by atoms with van der Waals surface area (Å²) in [7, 11) is 0. The monoisotopic (exact) mass is 276 g/mol. The van der Waals surface area contributed by atoms with Crippen LogP contribution < -0.4 is 22.2 Å². The summed E-state index contributed by atoms with van der Waals surface area (Å²) in [6.07, 6.45) is 4.28. The summed E-state index contributed by atoms with van der Waals surface area (Å²) in [5.74, 6) is 0. The fraction of sp³-hybridized carbons (Fsp3) is 0.429. The molecule has 1 aromatic carbocycles. The van der Waals surface area contributed by atoms with E-state index in [1.807, 2.05) is 6.07 Å². The molecule has 0 atom stereocenters. The summed E-state index contributed by atoms with van der Waals surface area (Å²) in [6, 6.07) is 5.24. The molecule has 0 aliphatic heterocycles. The van der Waals surface area contributed by atoms with Gasteiger partial charge in [0.2, 0.25) is 0 Å². The molecule has 0 radical (unpaired) electrons. The molecule has 1 heterocycles. The molecule has 1 aromatic heterocycles. The number of unbranched alkanes of at least 4 members (excludes halogenated alkanes) is 3. The van der Waals surface area contributed by atoms with Gasteiger partial charge in [0.15, 0.2) is 0 Å². The maximum absolute atomic E-state index is 11.8. The van der Waals surface area contributed by atoms with Crippen molar-refractivity contribution in [3.05, 3.63) is 38.9 Å². The Morgan fingerprint density at radius 2 is 1.75 bits per heavy atom. The number of aromatic amines is 2. The molecule has 0 saturated carbocycles. The van der Waals surface area contributed by atoms with E-state index >= 15 is 0 Å². The van der Waals surface area contributed by atoms with Gasteiger partial charge in [0, 0.05) is 12.2 Å². The van der Waals surface area contributed by atoms with E-state index in [1.54, 1.807) is 12.1 Å². The van der Waals surface area contributed by atoms with Crippen molar-refractivity contribution >= 4 is 16.5 Å². The van der Waals surface area contributed by atoms with Crippen LogP contribution in [-0.2, 0) is 0 Å². The van der Waals surface area contributed by atoms with Crippen LogP contribution in [-0.4, -0.2) is 23.3 Å². The first-order chi connectivity index (χ1) is 9.74. The lowest BCUT2D eigenvalue weighted by Crippen LogP contribution is -2.20. The number of hydrogen-bond donors (Lipinski definition) is 4. The van der Waals surface area contributed by atoms with Crippen LogP contribution in [0.1, 0.15) is 25.7 Å². The third-order valence-corrected chi connectivity index (χ3v) is 3.27. The predicted octanol–water partition coefficient (Wildman–Crippen LogP) is 1.15. The van der Waals surface area contributed by atoms with Crippen molar-refractivity contribution in [2.45, 2.75) is 25.7 Å². The predicted molar refractivity (Wildman–Crippen MR) is 81.2 cm³/mol. The van der Waals surface area contributed by atoms with E-state index in [0.717, 1.165) is 38.8 Å². The summed E-state index contributed by atoms with van der Waals surface area (Å²) in [5, 5.41) is 8.73. The lowest BCUT2D eigenvalue weighted by molar-refractivity contribution is 0.661. The molecule has 6 nitrogen and oxygen atoms in total. The van der Waals surface area contributed by atoms with Crippen molar-refractivity contribution in [3.8, 4) is 0 Å². The normalized spacial score (nSPS) is 10.8. The number of hydrogen-bond acceptors (Lipinski definition) is 4. The molecule has 108 valence electrons. The number of anilines is 1. The Kier molecular flexibility index (Phi) is 4.95. The first-order valence-electron chi connectivity index (χ1n) is 6.91. The highest BCUT2D eigenvalue weighted by Crippen LogP contribution is 2.16. The average Bonchev–Trinajstić information content (AvgIpc) is 2.46. The van der Waals surface area contributed by atoms with Gasteiger partial charge in [-0.25, -0.2) is 0 Å². The van der Waals surface area contributed by atoms with Crippen LogP contribution in [0.4, 0.5) is 5.69 Å². The van der Waals surface area contributed by atoms with Gasteiger partial charge in [0.05, 0.1) is 10.8 Å². The minimum Gasteiger partial charge on any atom is -0.384 e. The lowest BCUT2D eigenvalue weighted by atomic mass is 10.1. The van der Waals surface area contributed by atoms with Gasteiger partial charge >= 0.3 is 0 Å². The molecule has 0 bridgehead atoms. The van der Waals surface area contributed by atoms with Crippen molar-refractivity contribution in [3.63, 3.8) is 0 Å². The summed E-state index contributed by atoms with van der Waals surface area (Å²) in [6.45, 7) is 1.50. The Morgan fingerprint density at radius 1 is 1.00 bits per heavy atom. The lowest BCUT2D eigenvalue weighted by Gasteiger charge is -2.08. The number of benzene rings is 1.